The minimum Gasteiger partial charge on any atom is -0.491 e. The average Bonchev–Trinajstić information content (AvgIpc) is 2.44. The number of benzene rings is 1. The maximum absolute atomic E-state index is 9.95. The van der Waals surface area contributed by atoms with Crippen molar-refractivity contribution in [1.82, 2.24) is 5.32 Å². The molecular formula is C15H23Cl2NO3. The normalized spacial score (nSPS) is 14.2. The van der Waals surface area contributed by atoms with Gasteiger partial charge in [-0.15, -0.1) is 0 Å². The monoisotopic (exact) mass is 335 g/mol. The second kappa shape index (κ2) is 9.49. The molecule has 4 nitrogen and oxygen atoms in total. The van der Waals surface area contributed by atoms with Crippen LogP contribution < -0.4 is 10.1 Å². The third-order valence-corrected chi connectivity index (χ3v) is 3.84. The summed E-state index contributed by atoms with van der Waals surface area (Å²) in [5.74, 6) is 1.01. The van der Waals surface area contributed by atoms with Crippen LogP contribution in [0.3, 0.4) is 0 Å². The zero-order valence-corrected chi connectivity index (χ0v) is 14.1. The topological polar surface area (TPSA) is 50.7 Å². The predicted molar refractivity (Wildman–Crippen MR) is 86.5 cm³/mol. The summed E-state index contributed by atoms with van der Waals surface area (Å²) in [6.45, 7) is 5.44. The van der Waals surface area contributed by atoms with Gasteiger partial charge in [-0.3, -0.25) is 0 Å². The maximum Gasteiger partial charge on any atom is 0.121 e. The number of rotatable bonds is 9. The van der Waals surface area contributed by atoms with Gasteiger partial charge < -0.3 is 19.9 Å². The summed E-state index contributed by atoms with van der Waals surface area (Å²) >= 11 is 11.7. The SMILES string of the molecule is COCC(NCC(O)COc1ccc(Cl)c(Cl)c1)C(C)C. The summed E-state index contributed by atoms with van der Waals surface area (Å²) in [5, 5.41) is 14.1. The molecule has 0 saturated heterocycles. The first-order valence-corrected chi connectivity index (χ1v) is 7.67. The van der Waals surface area contributed by atoms with Crippen molar-refractivity contribution in [3.05, 3.63) is 28.2 Å². The quantitative estimate of drug-likeness (QED) is 0.728. The Kier molecular flexibility index (Phi) is 8.37. The van der Waals surface area contributed by atoms with Crippen molar-refractivity contribution in [2.75, 3.05) is 26.9 Å². The number of hydrogen-bond acceptors (Lipinski definition) is 4. The largest absolute Gasteiger partial charge is 0.491 e. The zero-order valence-electron chi connectivity index (χ0n) is 12.6. The highest BCUT2D eigenvalue weighted by Crippen LogP contribution is 2.26. The molecule has 1 aromatic rings. The molecule has 0 amide bonds. The van der Waals surface area contributed by atoms with Crippen LogP contribution in [0, 0.1) is 5.92 Å². The summed E-state index contributed by atoms with van der Waals surface area (Å²) in [5.41, 5.74) is 0. The van der Waals surface area contributed by atoms with Gasteiger partial charge in [0.1, 0.15) is 18.5 Å². The Morgan fingerprint density at radius 3 is 2.48 bits per heavy atom. The van der Waals surface area contributed by atoms with Crippen LogP contribution in [0.1, 0.15) is 13.8 Å². The van der Waals surface area contributed by atoms with E-state index in [-0.39, 0.29) is 12.6 Å². The highest BCUT2D eigenvalue weighted by Gasteiger charge is 2.14. The number of aliphatic hydroxyl groups is 1. The maximum atomic E-state index is 9.95. The lowest BCUT2D eigenvalue weighted by Gasteiger charge is -2.23. The van der Waals surface area contributed by atoms with Gasteiger partial charge in [-0.25, -0.2) is 0 Å². The van der Waals surface area contributed by atoms with Crippen LogP contribution >= 0.6 is 23.2 Å². The van der Waals surface area contributed by atoms with Crippen LogP contribution in [0.25, 0.3) is 0 Å². The van der Waals surface area contributed by atoms with E-state index in [0.29, 0.717) is 34.9 Å². The number of halogens is 2. The second-order valence-electron chi connectivity index (χ2n) is 5.25. The van der Waals surface area contributed by atoms with E-state index in [1.54, 1.807) is 25.3 Å². The molecule has 1 aromatic carbocycles. The molecule has 1 rings (SSSR count). The van der Waals surface area contributed by atoms with Crippen molar-refractivity contribution < 1.29 is 14.6 Å². The number of methoxy groups -OCH3 is 1. The van der Waals surface area contributed by atoms with Crippen LogP contribution in [-0.4, -0.2) is 44.1 Å². The van der Waals surface area contributed by atoms with Gasteiger partial charge in [-0.1, -0.05) is 37.0 Å². The summed E-state index contributed by atoms with van der Waals surface area (Å²) in [4.78, 5) is 0. The molecule has 0 saturated carbocycles. The lowest BCUT2D eigenvalue weighted by atomic mass is 10.1. The molecule has 0 fully saturated rings. The molecule has 21 heavy (non-hydrogen) atoms. The lowest BCUT2D eigenvalue weighted by molar-refractivity contribution is 0.0901. The molecule has 0 heterocycles. The van der Waals surface area contributed by atoms with E-state index in [4.69, 9.17) is 32.7 Å². The summed E-state index contributed by atoms with van der Waals surface area (Å²) in [6.07, 6.45) is -0.613. The summed E-state index contributed by atoms with van der Waals surface area (Å²) < 4.78 is 10.6. The third kappa shape index (κ3) is 6.85. The summed E-state index contributed by atoms with van der Waals surface area (Å²) in [7, 11) is 1.67. The van der Waals surface area contributed by atoms with Crippen LogP contribution in [-0.2, 0) is 4.74 Å². The Morgan fingerprint density at radius 2 is 1.90 bits per heavy atom. The van der Waals surface area contributed by atoms with E-state index < -0.39 is 6.10 Å². The van der Waals surface area contributed by atoms with Gasteiger partial charge in [0.25, 0.3) is 0 Å². The Bertz CT molecular complexity index is 429. The van der Waals surface area contributed by atoms with E-state index >= 15 is 0 Å². The Balaban J connectivity index is 2.36. The zero-order chi connectivity index (χ0) is 15.8. The molecule has 2 atom stereocenters. The van der Waals surface area contributed by atoms with Crippen LogP contribution in [0.5, 0.6) is 5.75 Å². The minimum atomic E-state index is -0.613. The van der Waals surface area contributed by atoms with Crippen LogP contribution in [0.4, 0.5) is 0 Å². The molecule has 2 unspecified atom stereocenters. The lowest BCUT2D eigenvalue weighted by Crippen LogP contribution is -2.43. The molecule has 0 aliphatic rings. The van der Waals surface area contributed by atoms with E-state index in [9.17, 15) is 5.11 Å². The van der Waals surface area contributed by atoms with E-state index in [1.807, 2.05) is 0 Å². The van der Waals surface area contributed by atoms with Crippen molar-refractivity contribution in [1.29, 1.82) is 0 Å². The number of hydrogen-bond donors (Lipinski definition) is 2. The van der Waals surface area contributed by atoms with E-state index in [0.717, 1.165) is 0 Å². The highest BCUT2D eigenvalue weighted by molar-refractivity contribution is 6.42. The van der Waals surface area contributed by atoms with Crippen molar-refractivity contribution in [2.45, 2.75) is 26.0 Å². The molecule has 120 valence electrons. The average molecular weight is 336 g/mol. The molecule has 6 heteroatoms. The molecule has 2 N–H and O–H groups in total. The van der Waals surface area contributed by atoms with Gasteiger partial charge in [0, 0.05) is 25.8 Å². The first kappa shape index (κ1) is 18.5. The fourth-order valence-electron chi connectivity index (χ4n) is 1.77. The number of ether oxygens (including phenoxy) is 2. The van der Waals surface area contributed by atoms with Gasteiger partial charge >= 0.3 is 0 Å². The number of aliphatic hydroxyl groups excluding tert-OH is 1. The van der Waals surface area contributed by atoms with Crippen molar-refractivity contribution in [3.63, 3.8) is 0 Å². The van der Waals surface area contributed by atoms with E-state index in [1.165, 1.54) is 0 Å². The molecule has 0 bridgehead atoms. The molecule has 0 radical (unpaired) electrons. The fraction of sp³-hybridized carbons (Fsp3) is 0.600. The summed E-state index contributed by atoms with van der Waals surface area (Å²) in [6, 6.07) is 5.22. The van der Waals surface area contributed by atoms with Gasteiger partial charge in [0.15, 0.2) is 0 Å². The third-order valence-electron chi connectivity index (χ3n) is 3.10. The Morgan fingerprint density at radius 1 is 1.19 bits per heavy atom. The molecule has 0 aliphatic carbocycles. The van der Waals surface area contributed by atoms with Gasteiger partial charge in [0.05, 0.1) is 16.7 Å². The van der Waals surface area contributed by atoms with Crippen molar-refractivity contribution in [2.24, 2.45) is 5.92 Å². The number of nitrogens with one attached hydrogen (secondary N) is 1. The van der Waals surface area contributed by atoms with Crippen molar-refractivity contribution in [3.8, 4) is 5.75 Å². The standard InChI is InChI=1S/C15H23Cl2NO3/c1-10(2)15(9-20-3)18-7-11(19)8-21-12-4-5-13(16)14(17)6-12/h4-6,10-11,15,18-19H,7-9H2,1-3H3. The molecular weight excluding hydrogens is 313 g/mol. The van der Waals surface area contributed by atoms with Crippen molar-refractivity contribution >= 4 is 23.2 Å². The van der Waals surface area contributed by atoms with E-state index in [2.05, 4.69) is 19.2 Å². The Hall–Kier alpha value is -0.520. The highest BCUT2D eigenvalue weighted by atomic mass is 35.5. The predicted octanol–water partition coefficient (Wildman–Crippen LogP) is 2.99. The molecule has 0 aromatic heterocycles. The molecule has 0 spiro atoms. The second-order valence-corrected chi connectivity index (χ2v) is 6.07. The fourth-order valence-corrected chi connectivity index (χ4v) is 2.06. The van der Waals surface area contributed by atoms with Gasteiger partial charge in [-0.2, -0.15) is 0 Å². The van der Waals surface area contributed by atoms with Crippen LogP contribution in [0.2, 0.25) is 10.0 Å². The minimum absolute atomic E-state index is 0.183. The van der Waals surface area contributed by atoms with Gasteiger partial charge in [0.2, 0.25) is 0 Å². The smallest absolute Gasteiger partial charge is 0.121 e. The first-order chi connectivity index (χ1) is 9.93. The molecule has 0 aliphatic heterocycles. The first-order valence-electron chi connectivity index (χ1n) is 6.92. The van der Waals surface area contributed by atoms with Crippen LogP contribution in [0.15, 0.2) is 18.2 Å². The Labute approximate surface area is 136 Å². The van der Waals surface area contributed by atoms with Gasteiger partial charge in [-0.05, 0) is 18.1 Å².